The summed E-state index contributed by atoms with van der Waals surface area (Å²) >= 11 is 0. The first-order valence-corrected chi connectivity index (χ1v) is 6.39. The summed E-state index contributed by atoms with van der Waals surface area (Å²) in [5.41, 5.74) is 0. The fourth-order valence-corrected chi connectivity index (χ4v) is 2.11. The summed E-state index contributed by atoms with van der Waals surface area (Å²) in [5.74, 6) is 0. The summed E-state index contributed by atoms with van der Waals surface area (Å²) in [4.78, 5) is 4.86. The lowest BCUT2D eigenvalue weighted by Gasteiger charge is -2.33. The Morgan fingerprint density at radius 2 is 1.81 bits per heavy atom. The molecule has 1 atom stereocenters. The average Bonchev–Trinajstić information content (AvgIpc) is 2.26. The van der Waals surface area contributed by atoms with Crippen molar-refractivity contribution in [3.8, 4) is 0 Å². The Morgan fingerprint density at radius 1 is 1.19 bits per heavy atom. The predicted molar refractivity (Wildman–Crippen MR) is 67.7 cm³/mol. The van der Waals surface area contributed by atoms with Crippen molar-refractivity contribution in [2.75, 3.05) is 46.4 Å². The summed E-state index contributed by atoms with van der Waals surface area (Å²) in [5, 5.41) is 12.6. The molecule has 1 aliphatic heterocycles. The van der Waals surface area contributed by atoms with Crippen molar-refractivity contribution in [2.45, 2.75) is 32.4 Å². The smallest absolute Gasteiger partial charge is 0.0585 e. The topological polar surface area (TPSA) is 38.7 Å². The molecule has 0 bridgehead atoms. The highest BCUT2D eigenvalue weighted by Crippen LogP contribution is 2.02. The number of likely N-dealkylation sites (N-methyl/N-ethyl adjacent to an activating group) is 1. The van der Waals surface area contributed by atoms with Crippen LogP contribution >= 0.6 is 0 Å². The number of hydrogen-bond acceptors (Lipinski definition) is 4. The minimum atomic E-state index is 0.242. The molecule has 4 heteroatoms. The Kier molecular flexibility index (Phi) is 6.28. The van der Waals surface area contributed by atoms with Crippen LogP contribution in [-0.2, 0) is 0 Å². The van der Waals surface area contributed by atoms with E-state index in [0.29, 0.717) is 6.04 Å². The van der Waals surface area contributed by atoms with Crippen LogP contribution in [0.5, 0.6) is 0 Å². The molecule has 16 heavy (non-hydrogen) atoms. The molecular weight excluding hydrogens is 202 g/mol. The third-order valence-electron chi connectivity index (χ3n) is 3.18. The Morgan fingerprint density at radius 3 is 2.31 bits per heavy atom. The molecular formula is C12H27N3O. The molecule has 0 aromatic rings. The molecule has 2 N–H and O–H groups in total. The van der Waals surface area contributed by atoms with E-state index in [4.69, 9.17) is 0 Å². The fraction of sp³-hybridized carbons (Fsp3) is 1.00. The zero-order chi connectivity index (χ0) is 12.0. The van der Waals surface area contributed by atoms with E-state index in [1.807, 2.05) is 0 Å². The highest BCUT2D eigenvalue weighted by atomic mass is 16.3. The molecule has 1 rings (SSSR count). The molecule has 0 spiro atoms. The molecule has 1 saturated heterocycles. The lowest BCUT2D eigenvalue weighted by Crippen LogP contribution is -2.46. The van der Waals surface area contributed by atoms with Crippen molar-refractivity contribution in [3.63, 3.8) is 0 Å². The summed E-state index contributed by atoms with van der Waals surface area (Å²) < 4.78 is 0. The van der Waals surface area contributed by atoms with Gasteiger partial charge in [0.2, 0.25) is 0 Å². The van der Waals surface area contributed by atoms with Crippen LogP contribution in [0.3, 0.4) is 0 Å². The zero-order valence-corrected chi connectivity index (χ0v) is 10.9. The van der Waals surface area contributed by atoms with Gasteiger partial charge in [0.25, 0.3) is 0 Å². The lowest BCUT2D eigenvalue weighted by molar-refractivity contribution is 0.140. The molecule has 0 aromatic carbocycles. The van der Waals surface area contributed by atoms with Crippen LogP contribution in [0.15, 0.2) is 0 Å². The van der Waals surface area contributed by atoms with E-state index in [9.17, 15) is 5.11 Å². The van der Waals surface area contributed by atoms with Crippen LogP contribution in [0.25, 0.3) is 0 Å². The van der Waals surface area contributed by atoms with E-state index in [-0.39, 0.29) is 12.6 Å². The first kappa shape index (κ1) is 13.9. The summed E-state index contributed by atoms with van der Waals surface area (Å²) in [6.45, 7) is 10.2. The van der Waals surface area contributed by atoms with E-state index in [1.54, 1.807) is 0 Å². The highest BCUT2D eigenvalue weighted by Gasteiger charge is 2.15. The Labute approximate surface area is 99.6 Å². The maximum Gasteiger partial charge on any atom is 0.0585 e. The van der Waals surface area contributed by atoms with Crippen LogP contribution < -0.4 is 5.32 Å². The molecule has 0 saturated carbocycles. The molecule has 1 aliphatic rings. The van der Waals surface area contributed by atoms with Crippen LogP contribution in [0.4, 0.5) is 0 Å². The molecule has 1 heterocycles. The second-order valence-electron chi connectivity index (χ2n) is 5.13. The SMILES string of the molecule is CC(C)NC(CO)CCN1CCN(C)CC1. The molecule has 0 aliphatic carbocycles. The zero-order valence-electron chi connectivity index (χ0n) is 10.9. The van der Waals surface area contributed by atoms with Gasteiger partial charge < -0.3 is 20.2 Å². The number of rotatable bonds is 6. The standard InChI is InChI=1S/C12H27N3O/c1-11(2)13-12(10-16)4-5-15-8-6-14(3)7-9-15/h11-13,16H,4-10H2,1-3H3. The van der Waals surface area contributed by atoms with Gasteiger partial charge in [-0.2, -0.15) is 0 Å². The van der Waals surface area contributed by atoms with Crippen molar-refractivity contribution in [3.05, 3.63) is 0 Å². The van der Waals surface area contributed by atoms with Gasteiger partial charge >= 0.3 is 0 Å². The third kappa shape index (κ3) is 5.25. The number of hydrogen-bond donors (Lipinski definition) is 2. The van der Waals surface area contributed by atoms with E-state index in [1.165, 1.54) is 13.1 Å². The van der Waals surface area contributed by atoms with Gasteiger partial charge in [0.15, 0.2) is 0 Å². The van der Waals surface area contributed by atoms with Gasteiger partial charge in [-0.25, -0.2) is 0 Å². The minimum Gasteiger partial charge on any atom is -0.395 e. The molecule has 1 unspecified atom stereocenters. The number of nitrogens with zero attached hydrogens (tertiary/aromatic N) is 2. The Balaban J connectivity index is 2.16. The minimum absolute atomic E-state index is 0.242. The largest absolute Gasteiger partial charge is 0.395 e. The molecule has 0 radical (unpaired) electrons. The van der Waals surface area contributed by atoms with Gasteiger partial charge in [-0.3, -0.25) is 0 Å². The van der Waals surface area contributed by atoms with Crippen molar-refractivity contribution in [1.82, 2.24) is 15.1 Å². The van der Waals surface area contributed by atoms with Crippen molar-refractivity contribution in [2.24, 2.45) is 0 Å². The van der Waals surface area contributed by atoms with Crippen LogP contribution in [0, 0.1) is 0 Å². The number of aliphatic hydroxyl groups is 1. The molecule has 96 valence electrons. The number of nitrogens with one attached hydrogen (secondary N) is 1. The first-order chi connectivity index (χ1) is 7.61. The van der Waals surface area contributed by atoms with Gasteiger partial charge in [0.05, 0.1) is 6.61 Å². The van der Waals surface area contributed by atoms with Crippen molar-refractivity contribution < 1.29 is 5.11 Å². The normalized spacial score (nSPS) is 21.6. The third-order valence-corrected chi connectivity index (χ3v) is 3.18. The Bertz CT molecular complexity index is 179. The molecule has 1 fully saturated rings. The van der Waals surface area contributed by atoms with Crippen molar-refractivity contribution in [1.29, 1.82) is 0 Å². The average molecular weight is 229 g/mol. The number of piperazine rings is 1. The van der Waals surface area contributed by atoms with Crippen LogP contribution in [-0.4, -0.2) is 73.4 Å². The molecule has 0 aromatic heterocycles. The quantitative estimate of drug-likeness (QED) is 0.671. The number of aliphatic hydroxyl groups excluding tert-OH is 1. The maximum atomic E-state index is 9.26. The van der Waals surface area contributed by atoms with E-state index in [2.05, 4.69) is 36.0 Å². The predicted octanol–water partition coefficient (Wildman–Crippen LogP) is -0.0172. The van der Waals surface area contributed by atoms with Gasteiger partial charge in [-0.05, 0) is 20.0 Å². The monoisotopic (exact) mass is 229 g/mol. The second-order valence-corrected chi connectivity index (χ2v) is 5.13. The van der Waals surface area contributed by atoms with Gasteiger partial charge in [-0.1, -0.05) is 13.8 Å². The maximum absolute atomic E-state index is 9.26. The highest BCUT2D eigenvalue weighted by molar-refractivity contribution is 4.74. The lowest BCUT2D eigenvalue weighted by atomic mass is 10.1. The fourth-order valence-electron chi connectivity index (χ4n) is 2.11. The Hall–Kier alpha value is -0.160. The van der Waals surface area contributed by atoms with E-state index >= 15 is 0 Å². The van der Waals surface area contributed by atoms with Crippen LogP contribution in [0.2, 0.25) is 0 Å². The first-order valence-electron chi connectivity index (χ1n) is 6.39. The summed E-state index contributed by atoms with van der Waals surface area (Å²) in [6, 6.07) is 0.698. The summed E-state index contributed by atoms with van der Waals surface area (Å²) in [6.07, 6.45) is 1.04. The van der Waals surface area contributed by atoms with E-state index in [0.717, 1.165) is 26.1 Å². The summed E-state index contributed by atoms with van der Waals surface area (Å²) in [7, 11) is 2.17. The van der Waals surface area contributed by atoms with E-state index < -0.39 is 0 Å². The van der Waals surface area contributed by atoms with Gasteiger partial charge in [-0.15, -0.1) is 0 Å². The second kappa shape index (κ2) is 7.22. The van der Waals surface area contributed by atoms with Crippen molar-refractivity contribution >= 4 is 0 Å². The van der Waals surface area contributed by atoms with Gasteiger partial charge in [0, 0.05) is 38.3 Å². The van der Waals surface area contributed by atoms with Gasteiger partial charge in [0.1, 0.15) is 0 Å². The molecule has 4 nitrogen and oxygen atoms in total. The van der Waals surface area contributed by atoms with Crippen LogP contribution in [0.1, 0.15) is 20.3 Å². The molecule has 0 amide bonds.